The van der Waals surface area contributed by atoms with Crippen molar-refractivity contribution in [3.05, 3.63) is 40.4 Å². The Bertz CT molecular complexity index is 869. The molecule has 3 heterocycles. The van der Waals surface area contributed by atoms with Crippen molar-refractivity contribution >= 4 is 43.3 Å². The maximum atomic E-state index is 4.68. The molecule has 0 amide bonds. The summed E-state index contributed by atoms with van der Waals surface area (Å²) < 4.78 is 1.09. The maximum Gasteiger partial charge on any atom is 0.141 e. The van der Waals surface area contributed by atoms with Gasteiger partial charge in [-0.1, -0.05) is 28.1 Å². The molecule has 4 nitrogen and oxygen atoms in total. The predicted molar refractivity (Wildman–Crippen MR) is 109 cm³/mol. The van der Waals surface area contributed by atoms with Crippen LogP contribution >= 0.6 is 27.3 Å². The van der Waals surface area contributed by atoms with Gasteiger partial charge in [0.05, 0.1) is 5.39 Å². The number of hydrogen-bond donors (Lipinski definition) is 0. The molecule has 0 atom stereocenters. The Morgan fingerprint density at radius 1 is 1.16 bits per heavy atom. The van der Waals surface area contributed by atoms with E-state index in [1.165, 1.54) is 29.4 Å². The van der Waals surface area contributed by atoms with Gasteiger partial charge in [0.2, 0.25) is 0 Å². The summed E-state index contributed by atoms with van der Waals surface area (Å²) in [6.07, 6.45) is 4.05. The molecule has 0 spiro atoms. The molecule has 4 rings (SSSR count). The van der Waals surface area contributed by atoms with Crippen LogP contribution in [0.25, 0.3) is 21.3 Å². The number of aromatic nitrogens is 2. The summed E-state index contributed by atoms with van der Waals surface area (Å²) in [6, 6.07) is 9.01. The molecule has 1 saturated heterocycles. The van der Waals surface area contributed by atoms with E-state index in [1.807, 2.05) is 0 Å². The number of rotatable bonds is 3. The van der Waals surface area contributed by atoms with Crippen molar-refractivity contribution in [2.24, 2.45) is 0 Å². The molecular weight excluding hydrogens is 396 g/mol. The normalized spacial score (nSPS) is 16.4. The first kappa shape index (κ1) is 16.9. The van der Waals surface area contributed by atoms with Crippen molar-refractivity contribution < 1.29 is 0 Å². The summed E-state index contributed by atoms with van der Waals surface area (Å²) in [5.74, 6) is 1.05. The molecule has 25 heavy (non-hydrogen) atoms. The molecule has 1 fully saturated rings. The number of benzene rings is 1. The Morgan fingerprint density at radius 2 is 1.88 bits per heavy atom. The monoisotopic (exact) mass is 416 g/mol. The van der Waals surface area contributed by atoms with Crippen LogP contribution in [-0.4, -0.2) is 48.1 Å². The standard InChI is InChI=1S/C19H21BrN4S/c1-23-9-7-15(8-10-23)24(2)18-17-16(11-25-19(17)22-12-21-18)13-3-5-14(20)6-4-13/h3-6,11-12,15H,7-10H2,1-2H3. The van der Waals surface area contributed by atoms with E-state index in [4.69, 9.17) is 0 Å². The second-order valence-corrected chi connectivity index (χ2v) is 8.45. The highest BCUT2D eigenvalue weighted by Gasteiger charge is 2.24. The van der Waals surface area contributed by atoms with Crippen LogP contribution in [0.1, 0.15) is 12.8 Å². The van der Waals surface area contributed by atoms with Crippen LogP contribution < -0.4 is 4.90 Å². The molecule has 3 aromatic rings. The number of thiophene rings is 1. The molecule has 0 unspecified atom stereocenters. The van der Waals surface area contributed by atoms with Gasteiger partial charge in [0.25, 0.3) is 0 Å². The molecule has 1 aromatic carbocycles. The number of likely N-dealkylation sites (tertiary alicyclic amines) is 1. The summed E-state index contributed by atoms with van der Waals surface area (Å²) in [7, 11) is 4.38. The number of anilines is 1. The lowest BCUT2D eigenvalue weighted by molar-refractivity contribution is 0.252. The van der Waals surface area contributed by atoms with E-state index in [1.54, 1.807) is 17.7 Å². The van der Waals surface area contributed by atoms with Gasteiger partial charge in [0, 0.05) is 28.5 Å². The Hall–Kier alpha value is -1.50. The number of piperidine rings is 1. The van der Waals surface area contributed by atoms with Crippen molar-refractivity contribution in [1.29, 1.82) is 0 Å². The Labute approximate surface area is 160 Å². The summed E-state index contributed by atoms with van der Waals surface area (Å²) >= 11 is 5.21. The third-order valence-electron chi connectivity index (χ3n) is 5.08. The second-order valence-electron chi connectivity index (χ2n) is 6.68. The molecular formula is C19H21BrN4S. The van der Waals surface area contributed by atoms with Gasteiger partial charge in [-0.15, -0.1) is 11.3 Å². The van der Waals surface area contributed by atoms with Gasteiger partial charge in [0.1, 0.15) is 17.0 Å². The zero-order valence-corrected chi connectivity index (χ0v) is 16.8. The van der Waals surface area contributed by atoms with Crippen molar-refractivity contribution in [3.63, 3.8) is 0 Å². The average Bonchev–Trinajstić information content (AvgIpc) is 3.07. The minimum absolute atomic E-state index is 0.534. The third-order valence-corrected chi connectivity index (χ3v) is 6.49. The van der Waals surface area contributed by atoms with Crippen LogP contribution in [0.15, 0.2) is 40.4 Å². The van der Waals surface area contributed by atoms with Crippen LogP contribution in [0.2, 0.25) is 0 Å². The molecule has 0 aliphatic carbocycles. The summed E-state index contributed by atoms with van der Waals surface area (Å²) in [4.78, 5) is 15.0. The summed E-state index contributed by atoms with van der Waals surface area (Å²) in [6.45, 7) is 2.29. The molecule has 1 aliphatic rings. The molecule has 0 saturated carbocycles. The topological polar surface area (TPSA) is 32.3 Å². The highest BCUT2D eigenvalue weighted by atomic mass is 79.9. The minimum Gasteiger partial charge on any atom is -0.356 e. The Morgan fingerprint density at radius 3 is 2.60 bits per heavy atom. The van der Waals surface area contributed by atoms with Gasteiger partial charge in [-0.25, -0.2) is 9.97 Å². The molecule has 1 aliphatic heterocycles. The van der Waals surface area contributed by atoms with Gasteiger partial charge in [0.15, 0.2) is 0 Å². The fourth-order valence-corrected chi connectivity index (χ4v) is 4.70. The van der Waals surface area contributed by atoms with E-state index < -0.39 is 0 Å². The van der Waals surface area contributed by atoms with E-state index in [0.29, 0.717) is 6.04 Å². The van der Waals surface area contributed by atoms with E-state index >= 15 is 0 Å². The van der Waals surface area contributed by atoms with Crippen LogP contribution in [0.5, 0.6) is 0 Å². The number of halogens is 1. The van der Waals surface area contributed by atoms with E-state index in [0.717, 1.165) is 28.2 Å². The van der Waals surface area contributed by atoms with Crippen LogP contribution in [0.4, 0.5) is 5.82 Å². The molecule has 130 valence electrons. The number of nitrogens with zero attached hydrogens (tertiary/aromatic N) is 4. The quantitative estimate of drug-likeness (QED) is 0.621. The average molecular weight is 417 g/mol. The van der Waals surface area contributed by atoms with Crippen molar-refractivity contribution in [1.82, 2.24) is 14.9 Å². The van der Waals surface area contributed by atoms with Gasteiger partial charge in [-0.3, -0.25) is 0 Å². The number of hydrogen-bond acceptors (Lipinski definition) is 5. The molecule has 0 radical (unpaired) electrons. The molecule has 0 bridgehead atoms. The smallest absolute Gasteiger partial charge is 0.141 e. The highest BCUT2D eigenvalue weighted by Crippen LogP contribution is 2.38. The van der Waals surface area contributed by atoms with Gasteiger partial charge in [-0.05, 0) is 50.7 Å². The van der Waals surface area contributed by atoms with Gasteiger partial charge in [-0.2, -0.15) is 0 Å². The van der Waals surface area contributed by atoms with Crippen LogP contribution in [-0.2, 0) is 0 Å². The number of fused-ring (bicyclic) bond motifs is 1. The van der Waals surface area contributed by atoms with Crippen molar-refractivity contribution in [2.75, 3.05) is 32.1 Å². The van der Waals surface area contributed by atoms with Gasteiger partial charge < -0.3 is 9.80 Å². The fraction of sp³-hybridized carbons (Fsp3) is 0.368. The van der Waals surface area contributed by atoms with E-state index in [9.17, 15) is 0 Å². The fourth-order valence-electron chi connectivity index (χ4n) is 3.52. The Balaban J connectivity index is 1.76. The van der Waals surface area contributed by atoms with Crippen molar-refractivity contribution in [2.45, 2.75) is 18.9 Å². The first-order valence-electron chi connectivity index (χ1n) is 8.53. The van der Waals surface area contributed by atoms with Crippen LogP contribution in [0, 0.1) is 0 Å². The lowest BCUT2D eigenvalue weighted by atomic mass is 10.0. The SMILES string of the molecule is CN1CCC(N(C)c2ncnc3scc(-c4ccc(Br)cc4)c23)CC1. The molecule has 0 N–H and O–H groups in total. The van der Waals surface area contributed by atoms with E-state index in [2.05, 4.69) is 79.4 Å². The maximum absolute atomic E-state index is 4.68. The summed E-state index contributed by atoms with van der Waals surface area (Å²) in [5.41, 5.74) is 2.44. The lowest BCUT2D eigenvalue weighted by Gasteiger charge is -2.36. The van der Waals surface area contributed by atoms with Crippen LogP contribution in [0.3, 0.4) is 0 Å². The van der Waals surface area contributed by atoms with Gasteiger partial charge >= 0.3 is 0 Å². The first-order valence-corrected chi connectivity index (χ1v) is 10.2. The zero-order valence-electron chi connectivity index (χ0n) is 14.4. The second kappa shape index (κ2) is 7.02. The molecule has 2 aromatic heterocycles. The first-order chi connectivity index (χ1) is 12.1. The van der Waals surface area contributed by atoms with E-state index in [-0.39, 0.29) is 0 Å². The largest absolute Gasteiger partial charge is 0.356 e. The Kier molecular flexibility index (Phi) is 4.75. The summed E-state index contributed by atoms with van der Waals surface area (Å²) in [5, 5.41) is 3.38. The van der Waals surface area contributed by atoms with Crippen molar-refractivity contribution in [3.8, 4) is 11.1 Å². The minimum atomic E-state index is 0.534. The highest BCUT2D eigenvalue weighted by molar-refractivity contribution is 9.10. The predicted octanol–water partition coefficient (Wildman–Crippen LogP) is 4.65. The molecule has 6 heteroatoms. The lowest BCUT2D eigenvalue weighted by Crippen LogP contribution is -2.42. The zero-order chi connectivity index (χ0) is 17.4. The third kappa shape index (κ3) is 3.30.